The zero-order valence-electron chi connectivity index (χ0n) is 7.16. The summed E-state index contributed by atoms with van der Waals surface area (Å²) in [4.78, 5) is 4.29. The van der Waals surface area contributed by atoms with Gasteiger partial charge in [0.2, 0.25) is 0 Å². The van der Waals surface area contributed by atoms with Crippen LogP contribution in [0.5, 0.6) is 0 Å². The van der Waals surface area contributed by atoms with E-state index in [4.69, 9.17) is 4.74 Å². The number of aromatic nitrogens is 1. The molecule has 1 N–H and O–H groups in total. The van der Waals surface area contributed by atoms with E-state index >= 15 is 0 Å². The molecule has 3 nitrogen and oxygen atoms in total. The van der Waals surface area contributed by atoms with Crippen molar-refractivity contribution in [2.45, 2.75) is 6.10 Å². The minimum Gasteiger partial charge on any atom is -0.369 e. The summed E-state index contributed by atoms with van der Waals surface area (Å²) in [5.74, 6) is 0. The molecule has 1 unspecified atom stereocenters. The summed E-state index contributed by atoms with van der Waals surface area (Å²) in [5, 5.41) is 3.29. The first-order chi connectivity index (χ1) is 6.36. The van der Waals surface area contributed by atoms with Gasteiger partial charge in [-0.1, -0.05) is 0 Å². The van der Waals surface area contributed by atoms with Crippen molar-refractivity contribution in [3.05, 3.63) is 27.6 Å². The van der Waals surface area contributed by atoms with Gasteiger partial charge in [-0.05, 0) is 34.7 Å². The van der Waals surface area contributed by atoms with E-state index in [1.165, 1.54) is 3.57 Å². The van der Waals surface area contributed by atoms with Crippen molar-refractivity contribution in [1.29, 1.82) is 0 Å². The molecule has 1 atom stereocenters. The molecule has 1 aromatic rings. The monoisotopic (exact) mass is 290 g/mol. The van der Waals surface area contributed by atoms with E-state index in [1.54, 1.807) is 0 Å². The van der Waals surface area contributed by atoms with Crippen LogP contribution in [0.4, 0.5) is 0 Å². The second kappa shape index (κ2) is 4.34. The Balaban J connectivity index is 2.14. The molecule has 0 saturated carbocycles. The summed E-state index contributed by atoms with van der Waals surface area (Å²) in [6, 6.07) is 4.05. The number of rotatable bonds is 1. The average molecular weight is 290 g/mol. The molecule has 1 aromatic heterocycles. The third-order valence-electron chi connectivity index (χ3n) is 2.00. The summed E-state index contributed by atoms with van der Waals surface area (Å²) in [6.07, 6.45) is 1.96. The van der Waals surface area contributed by atoms with Crippen LogP contribution in [-0.2, 0) is 4.74 Å². The molecule has 0 bridgehead atoms. The summed E-state index contributed by atoms with van der Waals surface area (Å²) in [7, 11) is 0. The molecule has 0 radical (unpaired) electrons. The summed E-state index contributed by atoms with van der Waals surface area (Å²) in [5.41, 5.74) is 1.03. The van der Waals surface area contributed by atoms with Gasteiger partial charge in [-0.25, -0.2) is 0 Å². The molecule has 70 valence electrons. The largest absolute Gasteiger partial charge is 0.369 e. The van der Waals surface area contributed by atoms with E-state index < -0.39 is 0 Å². The van der Waals surface area contributed by atoms with Crippen molar-refractivity contribution in [3.63, 3.8) is 0 Å². The number of ether oxygens (including phenoxy) is 1. The van der Waals surface area contributed by atoms with E-state index in [0.717, 1.165) is 25.4 Å². The maximum Gasteiger partial charge on any atom is 0.112 e. The third-order valence-corrected chi connectivity index (χ3v) is 2.67. The summed E-state index contributed by atoms with van der Waals surface area (Å²) in [6.45, 7) is 2.59. The van der Waals surface area contributed by atoms with Crippen LogP contribution in [0.3, 0.4) is 0 Å². The fourth-order valence-electron chi connectivity index (χ4n) is 1.35. The van der Waals surface area contributed by atoms with Gasteiger partial charge in [-0.2, -0.15) is 0 Å². The van der Waals surface area contributed by atoms with E-state index in [9.17, 15) is 0 Å². The predicted molar refractivity (Wildman–Crippen MR) is 58.5 cm³/mol. The maximum absolute atomic E-state index is 5.59. The fraction of sp³-hybridized carbons (Fsp3) is 0.444. The molecule has 1 aliphatic rings. The standard InChI is InChI=1S/C9H11IN2O/c10-7-1-2-12-8(5-7)9-6-11-3-4-13-9/h1-2,5,9,11H,3-4,6H2. The lowest BCUT2D eigenvalue weighted by Crippen LogP contribution is -2.33. The van der Waals surface area contributed by atoms with E-state index in [2.05, 4.69) is 39.0 Å². The Labute approximate surface area is 91.0 Å². The van der Waals surface area contributed by atoms with Gasteiger partial charge >= 0.3 is 0 Å². The number of pyridine rings is 1. The first kappa shape index (κ1) is 9.36. The van der Waals surface area contributed by atoms with Crippen LogP contribution in [0.15, 0.2) is 18.3 Å². The molecule has 0 aromatic carbocycles. The van der Waals surface area contributed by atoms with Gasteiger partial charge in [0.25, 0.3) is 0 Å². The first-order valence-corrected chi connectivity index (χ1v) is 5.38. The van der Waals surface area contributed by atoms with Crippen LogP contribution < -0.4 is 5.32 Å². The minimum atomic E-state index is 0.128. The molecule has 0 amide bonds. The smallest absolute Gasteiger partial charge is 0.112 e. The average Bonchev–Trinajstić information content (AvgIpc) is 2.19. The number of nitrogens with one attached hydrogen (secondary N) is 1. The molecule has 0 aliphatic carbocycles. The van der Waals surface area contributed by atoms with Crippen LogP contribution in [0, 0.1) is 3.57 Å². The molecule has 13 heavy (non-hydrogen) atoms. The molecule has 4 heteroatoms. The van der Waals surface area contributed by atoms with Crippen molar-refractivity contribution >= 4 is 22.6 Å². The highest BCUT2D eigenvalue weighted by Gasteiger charge is 2.16. The van der Waals surface area contributed by atoms with Gasteiger partial charge in [0.15, 0.2) is 0 Å². The zero-order chi connectivity index (χ0) is 9.10. The van der Waals surface area contributed by atoms with Crippen molar-refractivity contribution < 1.29 is 4.74 Å². The second-order valence-corrected chi connectivity index (χ2v) is 4.21. The highest BCUT2D eigenvalue weighted by molar-refractivity contribution is 14.1. The highest BCUT2D eigenvalue weighted by atomic mass is 127. The third kappa shape index (κ3) is 2.38. The summed E-state index contributed by atoms with van der Waals surface area (Å²) >= 11 is 2.29. The SMILES string of the molecule is Ic1ccnc(C2CNCCO2)c1. The van der Waals surface area contributed by atoms with Crippen molar-refractivity contribution in [1.82, 2.24) is 10.3 Å². The number of hydrogen-bond donors (Lipinski definition) is 1. The van der Waals surface area contributed by atoms with Gasteiger partial charge in [-0.15, -0.1) is 0 Å². The minimum absolute atomic E-state index is 0.128. The van der Waals surface area contributed by atoms with Gasteiger partial charge in [0.1, 0.15) is 6.10 Å². The number of nitrogens with zero attached hydrogens (tertiary/aromatic N) is 1. The van der Waals surface area contributed by atoms with Crippen molar-refractivity contribution in [2.24, 2.45) is 0 Å². The Morgan fingerprint density at radius 3 is 3.23 bits per heavy atom. The lowest BCUT2D eigenvalue weighted by Gasteiger charge is -2.23. The lowest BCUT2D eigenvalue weighted by atomic mass is 10.2. The van der Waals surface area contributed by atoms with Crippen molar-refractivity contribution in [3.8, 4) is 0 Å². The van der Waals surface area contributed by atoms with Gasteiger partial charge in [0.05, 0.1) is 12.3 Å². The van der Waals surface area contributed by atoms with Crippen LogP contribution in [0.25, 0.3) is 0 Å². The molecular weight excluding hydrogens is 279 g/mol. The number of morpholine rings is 1. The van der Waals surface area contributed by atoms with E-state index in [1.807, 2.05) is 12.3 Å². The number of halogens is 1. The first-order valence-electron chi connectivity index (χ1n) is 4.30. The normalized spacial score (nSPS) is 23.0. The molecule has 1 saturated heterocycles. The van der Waals surface area contributed by atoms with Gasteiger partial charge in [0, 0.05) is 22.9 Å². The van der Waals surface area contributed by atoms with E-state index in [0.29, 0.717) is 0 Å². The second-order valence-electron chi connectivity index (χ2n) is 2.96. The Kier molecular flexibility index (Phi) is 3.13. The van der Waals surface area contributed by atoms with E-state index in [-0.39, 0.29) is 6.10 Å². The summed E-state index contributed by atoms with van der Waals surface area (Å²) < 4.78 is 6.80. The highest BCUT2D eigenvalue weighted by Crippen LogP contribution is 2.17. The van der Waals surface area contributed by atoms with Gasteiger partial charge in [-0.3, -0.25) is 4.98 Å². The zero-order valence-corrected chi connectivity index (χ0v) is 9.32. The lowest BCUT2D eigenvalue weighted by molar-refractivity contribution is 0.0250. The van der Waals surface area contributed by atoms with Crippen molar-refractivity contribution in [2.75, 3.05) is 19.7 Å². The molecule has 1 aliphatic heterocycles. The van der Waals surface area contributed by atoms with Crippen LogP contribution >= 0.6 is 22.6 Å². The van der Waals surface area contributed by atoms with Crippen LogP contribution in [0.1, 0.15) is 11.8 Å². The fourth-order valence-corrected chi connectivity index (χ4v) is 1.83. The molecular formula is C9H11IN2O. The molecule has 2 heterocycles. The predicted octanol–water partition coefficient (Wildman–Crippen LogP) is 1.35. The Morgan fingerprint density at radius 2 is 2.54 bits per heavy atom. The molecule has 1 fully saturated rings. The maximum atomic E-state index is 5.59. The van der Waals surface area contributed by atoms with Gasteiger partial charge < -0.3 is 10.1 Å². The topological polar surface area (TPSA) is 34.2 Å². The Bertz CT molecular complexity index is 287. The molecule has 0 spiro atoms. The quantitative estimate of drug-likeness (QED) is 0.793. The Morgan fingerprint density at radius 1 is 1.62 bits per heavy atom. The molecule has 2 rings (SSSR count). The van der Waals surface area contributed by atoms with Crippen LogP contribution in [-0.4, -0.2) is 24.7 Å². The Hall–Kier alpha value is -0.200. The number of hydrogen-bond acceptors (Lipinski definition) is 3. The van der Waals surface area contributed by atoms with Crippen LogP contribution in [0.2, 0.25) is 0 Å².